The summed E-state index contributed by atoms with van der Waals surface area (Å²) in [6.45, 7) is 0. The first-order valence-electron chi connectivity index (χ1n) is 6.79. The predicted octanol–water partition coefficient (Wildman–Crippen LogP) is 4.87. The standard InChI is InChI=1S/C16H13ClN4S2/c1-23-14-8-2-11(3-9-14)10-18-21-15(19-20-16(21)22)12-4-6-13(17)7-5-12/h2-10H,1H3,(H,20,22)/b18-10-. The van der Waals surface area contributed by atoms with Crippen molar-refractivity contribution in [3.8, 4) is 11.4 Å². The maximum Gasteiger partial charge on any atom is 0.216 e. The molecular weight excluding hydrogens is 348 g/mol. The molecule has 0 bridgehead atoms. The zero-order valence-electron chi connectivity index (χ0n) is 12.2. The molecule has 4 nitrogen and oxygen atoms in total. The van der Waals surface area contributed by atoms with Gasteiger partial charge >= 0.3 is 0 Å². The number of aromatic amines is 1. The van der Waals surface area contributed by atoms with E-state index in [9.17, 15) is 0 Å². The fraction of sp³-hybridized carbons (Fsp3) is 0.0625. The van der Waals surface area contributed by atoms with Gasteiger partial charge in [-0.2, -0.15) is 14.9 Å². The maximum atomic E-state index is 5.92. The van der Waals surface area contributed by atoms with Gasteiger partial charge in [0, 0.05) is 15.5 Å². The van der Waals surface area contributed by atoms with Crippen LogP contribution in [0.3, 0.4) is 0 Å². The number of halogens is 1. The summed E-state index contributed by atoms with van der Waals surface area (Å²) in [5, 5.41) is 12.1. The number of nitrogens with zero attached hydrogens (tertiary/aromatic N) is 3. The molecule has 3 aromatic rings. The third-order valence-corrected chi connectivity index (χ3v) is 4.45. The van der Waals surface area contributed by atoms with Crippen LogP contribution in [0, 0.1) is 4.77 Å². The molecule has 1 aromatic heterocycles. The molecule has 7 heteroatoms. The minimum Gasteiger partial charge on any atom is -0.250 e. The van der Waals surface area contributed by atoms with Gasteiger partial charge in [-0.1, -0.05) is 23.7 Å². The number of H-pyrrole nitrogens is 1. The van der Waals surface area contributed by atoms with Gasteiger partial charge in [0.1, 0.15) is 0 Å². The molecule has 1 heterocycles. The maximum absolute atomic E-state index is 5.92. The van der Waals surface area contributed by atoms with E-state index in [2.05, 4.69) is 27.4 Å². The fourth-order valence-electron chi connectivity index (χ4n) is 2.00. The highest BCUT2D eigenvalue weighted by atomic mass is 35.5. The molecule has 0 saturated carbocycles. The number of nitrogens with one attached hydrogen (secondary N) is 1. The zero-order valence-corrected chi connectivity index (χ0v) is 14.6. The quantitative estimate of drug-likeness (QED) is 0.410. The smallest absolute Gasteiger partial charge is 0.216 e. The van der Waals surface area contributed by atoms with E-state index in [1.807, 2.05) is 42.7 Å². The fourth-order valence-corrected chi connectivity index (χ4v) is 2.71. The first kappa shape index (κ1) is 16.0. The molecule has 0 aliphatic rings. The molecular formula is C16H13ClN4S2. The molecule has 1 N–H and O–H groups in total. The number of thioether (sulfide) groups is 1. The van der Waals surface area contributed by atoms with Crippen molar-refractivity contribution in [1.29, 1.82) is 0 Å². The van der Waals surface area contributed by atoms with E-state index in [1.54, 1.807) is 22.7 Å². The van der Waals surface area contributed by atoms with Crippen LogP contribution in [0.25, 0.3) is 11.4 Å². The number of rotatable bonds is 4. The van der Waals surface area contributed by atoms with Crippen LogP contribution < -0.4 is 0 Å². The first-order chi connectivity index (χ1) is 11.2. The largest absolute Gasteiger partial charge is 0.250 e. The number of hydrogen-bond acceptors (Lipinski definition) is 4. The van der Waals surface area contributed by atoms with Crippen LogP contribution in [0.1, 0.15) is 5.56 Å². The Morgan fingerprint density at radius 2 is 1.87 bits per heavy atom. The Bertz CT molecular complexity index is 880. The molecule has 0 atom stereocenters. The number of hydrogen-bond donors (Lipinski definition) is 1. The lowest BCUT2D eigenvalue weighted by molar-refractivity contribution is 0.871. The average Bonchev–Trinajstić information content (AvgIpc) is 2.95. The number of benzene rings is 2. The zero-order chi connectivity index (χ0) is 16.2. The van der Waals surface area contributed by atoms with Gasteiger partial charge in [-0.05, 0) is 60.4 Å². The third kappa shape index (κ3) is 3.72. The molecule has 116 valence electrons. The topological polar surface area (TPSA) is 46.0 Å². The summed E-state index contributed by atoms with van der Waals surface area (Å²) in [6, 6.07) is 15.5. The molecule has 0 aliphatic heterocycles. The Morgan fingerprint density at radius 3 is 2.52 bits per heavy atom. The summed E-state index contributed by atoms with van der Waals surface area (Å²) in [7, 11) is 0. The first-order valence-corrected chi connectivity index (χ1v) is 8.80. The van der Waals surface area contributed by atoms with E-state index in [0.29, 0.717) is 15.6 Å². The molecule has 3 rings (SSSR count). The summed E-state index contributed by atoms with van der Waals surface area (Å²) in [5.41, 5.74) is 1.88. The van der Waals surface area contributed by atoms with Gasteiger partial charge in [-0.25, -0.2) is 5.10 Å². The van der Waals surface area contributed by atoms with Gasteiger partial charge in [0.25, 0.3) is 0 Å². The lowest BCUT2D eigenvalue weighted by Crippen LogP contribution is -1.95. The van der Waals surface area contributed by atoms with E-state index in [4.69, 9.17) is 23.8 Å². The molecule has 0 amide bonds. The van der Waals surface area contributed by atoms with Gasteiger partial charge in [-0.15, -0.1) is 11.8 Å². The second-order valence-electron chi connectivity index (χ2n) is 4.69. The molecule has 0 spiro atoms. The second-order valence-corrected chi connectivity index (χ2v) is 6.39. The minimum atomic E-state index is 0.437. The normalized spacial score (nSPS) is 11.2. The lowest BCUT2D eigenvalue weighted by atomic mass is 10.2. The molecule has 23 heavy (non-hydrogen) atoms. The van der Waals surface area contributed by atoms with E-state index < -0.39 is 0 Å². The average molecular weight is 361 g/mol. The molecule has 0 saturated heterocycles. The summed E-state index contributed by atoms with van der Waals surface area (Å²) in [4.78, 5) is 1.21. The van der Waals surface area contributed by atoms with Crippen LogP contribution in [0.15, 0.2) is 58.5 Å². The van der Waals surface area contributed by atoms with Gasteiger partial charge in [0.15, 0.2) is 5.82 Å². The summed E-state index contributed by atoms with van der Waals surface area (Å²) >= 11 is 12.9. The van der Waals surface area contributed by atoms with Crippen molar-refractivity contribution in [2.45, 2.75) is 4.90 Å². The molecule has 0 fully saturated rings. The Labute approximate surface area is 148 Å². The van der Waals surface area contributed by atoms with Crippen molar-refractivity contribution in [3.63, 3.8) is 0 Å². The van der Waals surface area contributed by atoms with Crippen LogP contribution in [0.2, 0.25) is 5.02 Å². The summed E-state index contributed by atoms with van der Waals surface area (Å²) < 4.78 is 2.04. The van der Waals surface area contributed by atoms with Crippen LogP contribution in [0.5, 0.6) is 0 Å². The molecule has 0 aliphatic carbocycles. The summed E-state index contributed by atoms with van der Waals surface area (Å²) in [6.07, 6.45) is 3.81. The Kier molecular flexibility index (Phi) is 4.95. The van der Waals surface area contributed by atoms with Gasteiger partial charge in [0.2, 0.25) is 4.77 Å². The van der Waals surface area contributed by atoms with Crippen molar-refractivity contribution >= 4 is 41.8 Å². The van der Waals surface area contributed by atoms with Gasteiger partial charge in [0.05, 0.1) is 6.21 Å². The SMILES string of the molecule is CSc1ccc(/C=N\n2c(-c3ccc(Cl)cc3)n[nH]c2=S)cc1. The van der Waals surface area contributed by atoms with Crippen molar-refractivity contribution < 1.29 is 0 Å². The number of aromatic nitrogens is 3. The van der Waals surface area contributed by atoms with Crippen molar-refractivity contribution in [1.82, 2.24) is 14.9 Å². The van der Waals surface area contributed by atoms with Crippen molar-refractivity contribution in [2.75, 3.05) is 6.26 Å². The second kappa shape index (κ2) is 7.12. The van der Waals surface area contributed by atoms with E-state index in [1.165, 1.54) is 4.90 Å². The Balaban J connectivity index is 1.93. The van der Waals surface area contributed by atoms with Crippen LogP contribution >= 0.6 is 35.6 Å². The van der Waals surface area contributed by atoms with Crippen LogP contribution in [0.4, 0.5) is 0 Å². The minimum absolute atomic E-state index is 0.437. The highest BCUT2D eigenvalue weighted by molar-refractivity contribution is 7.98. The van der Waals surface area contributed by atoms with E-state index >= 15 is 0 Å². The highest BCUT2D eigenvalue weighted by Gasteiger charge is 2.07. The Morgan fingerprint density at radius 1 is 1.17 bits per heavy atom. The summed E-state index contributed by atoms with van der Waals surface area (Å²) in [5.74, 6) is 0.642. The van der Waals surface area contributed by atoms with Crippen molar-refractivity contribution in [3.05, 3.63) is 63.9 Å². The molecule has 0 unspecified atom stereocenters. The molecule has 2 aromatic carbocycles. The highest BCUT2D eigenvalue weighted by Crippen LogP contribution is 2.20. The predicted molar refractivity (Wildman–Crippen MR) is 99.1 cm³/mol. The van der Waals surface area contributed by atoms with Crippen molar-refractivity contribution in [2.24, 2.45) is 5.10 Å². The van der Waals surface area contributed by atoms with E-state index in [-0.39, 0.29) is 0 Å². The molecule has 0 radical (unpaired) electrons. The van der Waals surface area contributed by atoms with E-state index in [0.717, 1.165) is 11.1 Å². The van der Waals surface area contributed by atoms with Crippen LogP contribution in [-0.4, -0.2) is 27.3 Å². The Hall–Kier alpha value is -1.89. The monoisotopic (exact) mass is 360 g/mol. The third-order valence-electron chi connectivity index (χ3n) is 3.19. The lowest BCUT2D eigenvalue weighted by Gasteiger charge is -2.01. The van der Waals surface area contributed by atoms with Gasteiger partial charge < -0.3 is 0 Å². The van der Waals surface area contributed by atoms with Gasteiger partial charge in [-0.3, -0.25) is 0 Å². The van der Waals surface area contributed by atoms with Crippen LogP contribution in [-0.2, 0) is 0 Å².